The van der Waals surface area contributed by atoms with Crippen molar-refractivity contribution in [1.82, 2.24) is 0 Å². The van der Waals surface area contributed by atoms with E-state index in [0.717, 1.165) is 11.1 Å². The van der Waals surface area contributed by atoms with Crippen LogP contribution in [-0.4, -0.2) is 19.7 Å². The second-order valence-corrected chi connectivity index (χ2v) is 6.84. The maximum absolute atomic E-state index is 12.1. The van der Waals surface area contributed by atoms with Crippen LogP contribution in [0, 0.1) is 0 Å². The summed E-state index contributed by atoms with van der Waals surface area (Å²) in [6.07, 6.45) is 3.94. The summed E-state index contributed by atoms with van der Waals surface area (Å²) < 4.78 is 16.1. The van der Waals surface area contributed by atoms with Crippen LogP contribution in [-0.2, 0) is 4.79 Å². The molecule has 0 spiro atoms. The van der Waals surface area contributed by atoms with Gasteiger partial charge in [-0.3, -0.25) is 0 Å². The average molecular weight is 429 g/mol. The van der Waals surface area contributed by atoms with E-state index in [0.29, 0.717) is 27.3 Å². The highest BCUT2D eigenvalue weighted by Crippen LogP contribution is 2.30. The topological polar surface area (TPSA) is 44.8 Å². The summed E-state index contributed by atoms with van der Waals surface area (Å²) in [4.78, 5) is 12.1. The molecule has 0 aromatic heterocycles. The molecule has 0 amide bonds. The van der Waals surface area contributed by atoms with Crippen LogP contribution in [0.5, 0.6) is 17.2 Å². The highest BCUT2D eigenvalue weighted by atomic mass is 35.5. The summed E-state index contributed by atoms with van der Waals surface area (Å²) in [6, 6.07) is 20.0. The van der Waals surface area contributed by atoms with Gasteiger partial charge in [0, 0.05) is 5.02 Å². The van der Waals surface area contributed by atoms with Gasteiger partial charge in [-0.15, -0.1) is 0 Å². The van der Waals surface area contributed by atoms with Crippen molar-refractivity contribution in [3.8, 4) is 17.2 Å². The second-order valence-electron chi connectivity index (χ2n) is 5.99. The van der Waals surface area contributed by atoms with Crippen LogP contribution in [0.2, 0.25) is 10.0 Å². The molecule has 0 saturated heterocycles. The van der Waals surface area contributed by atoms with Crippen molar-refractivity contribution in [2.75, 3.05) is 13.7 Å². The van der Waals surface area contributed by atoms with E-state index in [1.165, 1.54) is 13.2 Å². The van der Waals surface area contributed by atoms with E-state index in [2.05, 4.69) is 0 Å². The number of benzene rings is 3. The van der Waals surface area contributed by atoms with Crippen molar-refractivity contribution in [3.63, 3.8) is 0 Å². The van der Waals surface area contributed by atoms with Gasteiger partial charge in [0.05, 0.1) is 12.1 Å². The van der Waals surface area contributed by atoms with Gasteiger partial charge in [-0.1, -0.05) is 71.8 Å². The summed E-state index contributed by atoms with van der Waals surface area (Å²) in [5.41, 5.74) is 2.00. The van der Waals surface area contributed by atoms with E-state index in [4.69, 9.17) is 37.4 Å². The van der Waals surface area contributed by atoms with Crippen molar-refractivity contribution in [3.05, 3.63) is 87.9 Å². The molecule has 3 aromatic rings. The average Bonchev–Trinajstić information content (AvgIpc) is 2.73. The third-order valence-electron chi connectivity index (χ3n) is 3.92. The van der Waals surface area contributed by atoms with Gasteiger partial charge in [-0.05, 0) is 41.5 Å². The standard InChI is InChI=1S/C23H18Cl2O4/c1-27-22-13-17(8-7-16-5-3-2-4-6-16)9-11-21(22)29-23(26)15-28-20-12-10-18(24)14-19(20)25/h2-14H,15H2,1H3. The van der Waals surface area contributed by atoms with Crippen molar-refractivity contribution >= 4 is 41.3 Å². The molecule has 0 aliphatic carbocycles. The molecule has 148 valence electrons. The molecule has 0 N–H and O–H groups in total. The zero-order valence-corrected chi connectivity index (χ0v) is 17.1. The van der Waals surface area contributed by atoms with Gasteiger partial charge in [-0.25, -0.2) is 4.79 Å². The molecular weight excluding hydrogens is 411 g/mol. The fraction of sp³-hybridized carbons (Fsp3) is 0.0870. The Bertz CT molecular complexity index is 1020. The quantitative estimate of drug-likeness (QED) is 0.257. The maximum Gasteiger partial charge on any atom is 0.349 e. The van der Waals surface area contributed by atoms with Crippen molar-refractivity contribution in [1.29, 1.82) is 0 Å². The number of hydrogen-bond donors (Lipinski definition) is 0. The molecule has 3 aromatic carbocycles. The van der Waals surface area contributed by atoms with E-state index >= 15 is 0 Å². The third-order valence-corrected chi connectivity index (χ3v) is 4.45. The minimum atomic E-state index is -0.582. The molecular formula is C23H18Cl2O4. The first-order valence-electron chi connectivity index (χ1n) is 8.75. The number of methoxy groups -OCH3 is 1. The normalized spacial score (nSPS) is 10.7. The molecule has 0 heterocycles. The van der Waals surface area contributed by atoms with Crippen molar-refractivity contribution in [2.45, 2.75) is 0 Å². The number of carbonyl (C=O) groups excluding carboxylic acids is 1. The lowest BCUT2D eigenvalue weighted by Gasteiger charge is -2.11. The Morgan fingerprint density at radius 3 is 2.31 bits per heavy atom. The highest BCUT2D eigenvalue weighted by Gasteiger charge is 2.12. The van der Waals surface area contributed by atoms with Gasteiger partial charge in [-0.2, -0.15) is 0 Å². The lowest BCUT2D eigenvalue weighted by atomic mass is 10.1. The van der Waals surface area contributed by atoms with Crippen LogP contribution in [0.1, 0.15) is 11.1 Å². The molecule has 0 saturated carbocycles. The highest BCUT2D eigenvalue weighted by molar-refractivity contribution is 6.35. The minimum absolute atomic E-state index is 0.305. The lowest BCUT2D eigenvalue weighted by molar-refractivity contribution is -0.136. The summed E-state index contributed by atoms with van der Waals surface area (Å²) in [5, 5.41) is 0.800. The SMILES string of the molecule is COc1cc(C=Cc2ccccc2)ccc1OC(=O)COc1ccc(Cl)cc1Cl. The Kier molecular flexibility index (Phi) is 7.17. The van der Waals surface area contributed by atoms with E-state index in [1.807, 2.05) is 48.6 Å². The maximum atomic E-state index is 12.1. The summed E-state index contributed by atoms with van der Waals surface area (Å²) in [7, 11) is 1.52. The summed E-state index contributed by atoms with van der Waals surface area (Å²) >= 11 is 11.9. The molecule has 0 atom stereocenters. The van der Waals surface area contributed by atoms with Gasteiger partial charge in [0.1, 0.15) is 5.75 Å². The zero-order valence-electron chi connectivity index (χ0n) is 15.6. The van der Waals surface area contributed by atoms with Crippen LogP contribution in [0.4, 0.5) is 0 Å². The van der Waals surface area contributed by atoms with Crippen LogP contribution in [0.3, 0.4) is 0 Å². The predicted octanol–water partition coefficient (Wildman–Crippen LogP) is 6.16. The Balaban J connectivity index is 1.64. The molecule has 4 nitrogen and oxygen atoms in total. The van der Waals surface area contributed by atoms with Crippen molar-refractivity contribution in [2.24, 2.45) is 0 Å². The molecule has 0 unspecified atom stereocenters. The number of hydrogen-bond acceptors (Lipinski definition) is 4. The molecule has 29 heavy (non-hydrogen) atoms. The Hall–Kier alpha value is -2.95. The van der Waals surface area contributed by atoms with Gasteiger partial charge in [0.2, 0.25) is 0 Å². The van der Waals surface area contributed by atoms with Crippen LogP contribution < -0.4 is 14.2 Å². The molecule has 0 radical (unpaired) electrons. The van der Waals surface area contributed by atoms with E-state index in [1.54, 1.807) is 24.3 Å². The summed E-state index contributed by atoms with van der Waals surface area (Å²) in [5.74, 6) is 0.515. The van der Waals surface area contributed by atoms with Gasteiger partial charge in [0.15, 0.2) is 18.1 Å². The van der Waals surface area contributed by atoms with Gasteiger partial charge < -0.3 is 14.2 Å². The lowest BCUT2D eigenvalue weighted by Crippen LogP contribution is -2.18. The van der Waals surface area contributed by atoms with Crippen LogP contribution >= 0.6 is 23.2 Å². The molecule has 0 fully saturated rings. The van der Waals surface area contributed by atoms with Gasteiger partial charge >= 0.3 is 5.97 Å². The molecule has 6 heteroatoms. The first-order chi connectivity index (χ1) is 14.0. The molecule has 0 aliphatic rings. The summed E-state index contributed by atoms with van der Waals surface area (Å²) in [6.45, 7) is -0.305. The Morgan fingerprint density at radius 2 is 1.59 bits per heavy atom. The number of carbonyl (C=O) groups is 1. The Labute approximate surface area is 179 Å². The third kappa shape index (κ3) is 6.01. The molecule has 0 aliphatic heterocycles. The van der Waals surface area contributed by atoms with Crippen molar-refractivity contribution < 1.29 is 19.0 Å². The predicted molar refractivity (Wildman–Crippen MR) is 116 cm³/mol. The van der Waals surface area contributed by atoms with Crippen LogP contribution in [0.25, 0.3) is 12.2 Å². The Morgan fingerprint density at radius 1 is 0.862 bits per heavy atom. The van der Waals surface area contributed by atoms with E-state index in [-0.39, 0.29) is 6.61 Å². The first-order valence-corrected chi connectivity index (χ1v) is 9.50. The fourth-order valence-electron chi connectivity index (χ4n) is 2.51. The first kappa shape index (κ1) is 20.8. The van der Waals surface area contributed by atoms with E-state index < -0.39 is 5.97 Å². The second kappa shape index (κ2) is 10.0. The molecule has 0 bridgehead atoms. The van der Waals surface area contributed by atoms with Crippen LogP contribution in [0.15, 0.2) is 66.7 Å². The largest absolute Gasteiger partial charge is 0.493 e. The number of ether oxygens (including phenoxy) is 3. The minimum Gasteiger partial charge on any atom is -0.493 e. The number of halogens is 2. The zero-order chi connectivity index (χ0) is 20.6. The van der Waals surface area contributed by atoms with Gasteiger partial charge in [0.25, 0.3) is 0 Å². The monoisotopic (exact) mass is 428 g/mol. The fourth-order valence-corrected chi connectivity index (χ4v) is 2.97. The van der Waals surface area contributed by atoms with E-state index in [9.17, 15) is 4.79 Å². The smallest absolute Gasteiger partial charge is 0.349 e. The number of esters is 1. The molecule has 3 rings (SSSR count). The number of rotatable bonds is 7.